The number of hydrogen-bond acceptors (Lipinski definition) is 4. The first kappa shape index (κ1) is 22.4. The zero-order valence-corrected chi connectivity index (χ0v) is 15.6. The van der Waals surface area contributed by atoms with Crippen LogP contribution in [-0.2, 0) is 20.1 Å². The largest absolute Gasteiger partial charge is 1.00 e. The molecular weight excluding hydrogens is 398 g/mol. The molecule has 134 valence electrons. The molecule has 0 heterocycles. The fourth-order valence-corrected chi connectivity index (χ4v) is 2.49. The van der Waals surface area contributed by atoms with E-state index in [0.717, 1.165) is 11.5 Å². The normalized spacial score (nSPS) is 9.67. The van der Waals surface area contributed by atoms with Gasteiger partial charge in [-0.1, -0.05) is 30.3 Å². The first-order valence-electron chi connectivity index (χ1n) is 7.26. The summed E-state index contributed by atoms with van der Waals surface area (Å²) in [4.78, 5) is 33.1. The molecule has 0 fully saturated rings. The van der Waals surface area contributed by atoms with Crippen LogP contribution in [0.15, 0.2) is 30.3 Å². The molecule has 5 N–H and O–H groups in total. The Balaban J connectivity index is 0.00000529. The lowest BCUT2D eigenvalue weighted by atomic mass is 10.2. The molecule has 0 spiro atoms. The molecule has 0 bridgehead atoms. The van der Waals surface area contributed by atoms with Crippen molar-refractivity contribution in [3.63, 3.8) is 0 Å². The Hall–Kier alpha value is -1.58. The third-order valence-corrected chi connectivity index (χ3v) is 3.81. The van der Waals surface area contributed by atoms with Gasteiger partial charge in [0.05, 0.1) is 6.54 Å². The lowest BCUT2D eigenvalue weighted by Crippen LogP contribution is -3.00. The minimum absolute atomic E-state index is 0. The van der Waals surface area contributed by atoms with Gasteiger partial charge in [0.25, 0.3) is 5.91 Å². The van der Waals surface area contributed by atoms with Crippen molar-refractivity contribution in [3.05, 3.63) is 35.9 Å². The average molecular weight is 420 g/mol. The van der Waals surface area contributed by atoms with Crippen molar-refractivity contribution in [2.75, 3.05) is 31.9 Å². The highest BCUT2D eigenvalue weighted by Gasteiger charge is 2.08. The minimum Gasteiger partial charge on any atom is -1.00 e. The molecule has 1 aromatic rings. The van der Waals surface area contributed by atoms with Gasteiger partial charge in [0, 0.05) is 18.1 Å². The predicted octanol–water partition coefficient (Wildman–Crippen LogP) is -4.20. The van der Waals surface area contributed by atoms with Crippen LogP contribution in [-0.4, -0.2) is 54.8 Å². The Morgan fingerprint density at radius 3 is 2.42 bits per heavy atom. The van der Waals surface area contributed by atoms with Gasteiger partial charge in [0.1, 0.15) is 0 Å². The average Bonchev–Trinajstić information content (AvgIpc) is 2.53. The topological polar surface area (TPSA) is 112 Å². The minimum atomic E-state index is -0.983. The summed E-state index contributed by atoms with van der Waals surface area (Å²) in [5, 5.41) is 14.9. The lowest BCUT2D eigenvalue weighted by molar-refractivity contribution is -0.634. The van der Waals surface area contributed by atoms with E-state index in [9.17, 15) is 14.4 Å². The van der Waals surface area contributed by atoms with Crippen molar-refractivity contribution in [1.82, 2.24) is 10.6 Å². The first-order valence-corrected chi connectivity index (χ1v) is 8.42. The van der Waals surface area contributed by atoms with Crippen LogP contribution in [0.25, 0.3) is 0 Å². The van der Waals surface area contributed by atoms with E-state index < -0.39 is 5.97 Å². The molecule has 0 atom stereocenters. The monoisotopic (exact) mass is 419 g/mol. The molecule has 2 amide bonds. The van der Waals surface area contributed by atoms with Crippen LogP contribution in [0.2, 0.25) is 0 Å². The molecule has 0 aromatic heterocycles. The maximum atomic E-state index is 11.5. The van der Waals surface area contributed by atoms with Crippen LogP contribution in [0.5, 0.6) is 0 Å². The number of aliphatic carboxylic acids is 1. The van der Waals surface area contributed by atoms with Gasteiger partial charge in [-0.15, -0.1) is 0 Å². The lowest BCUT2D eigenvalue weighted by Gasteiger charge is -2.06. The third kappa shape index (κ3) is 11.9. The van der Waals surface area contributed by atoms with E-state index in [2.05, 4.69) is 22.8 Å². The van der Waals surface area contributed by atoms with Crippen molar-refractivity contribution in [3.8, 4) is 0 Å². The summed E-state index contributed by atoms with van der Waals surface area (Å²) in [6.45, 7) is 0.269. The van der Waals surface area contributed by atoms with E-state index in [0.29, 0.717) is 6.54 Å². The summed E-state index contributed by atoms with van der Waals surface area (Å²) < 4.78 is 0. The fraction of sp³-hybridized carbons (Fsp3) is 0.400. The SMILES string of the molecule is O=C(O)C[NH2+]CC(=O)NCC(=O)NCCSCc1ccccc1.[Br-]. The van der Waals surface area contributed by atoms with E-state index >= 15 is 0 Å². The number of thioether (sulfide) groups is 1. The van der Waals surface area contributed by atoms with Gasteiger partial charge in [0.2, 0.25) is 5.91 Å². The Morgan fingerprint density at radius 1 is 1.04 bits per heavy atom. The number of carbonyl (C=O) groups is 3. The van der Waals surface area contributed by atoms with E-state index in [4.69, 9.17) is 5.11 Å². The second-order valence-corrected chi connectivity index (χ2v) is 5.86. The number of amides is 2. The molecule has 24 heavy (non-hydrogen) atoms. The highest BCUT2D eigenvalue weighted by atomic mass is 79.9. The zero-order chi connectivity index (χ0) is 16.9. The van der Waals surface area contributed by atoms with Gasteiger partial charge >= 0.3 is 5.97 Å². The van der Waals surface area contributed by atoms with Crippen molar-refractivity contribution in [2.45, 2.75) is 5.75 Å². The Bertz CT molecular complexity index is 517. The highest BCUT2D eigenvalue weighted by molar-refractivity contribution is 7.98. The van der Waals surface area contributed by atoms with E-state index in [1.165, 1.54) is 10.9 Å². The van der Waals surface area contributed by atoms with Crippen molar-refractivity contribution in [2.24, 2.45) is 0 Å². The van der Waals surface area contributed by atoms with Crippen LogP contribution >= 0.6 is 11.8 Å². The van der Waals surface area contributed by atoms with Crippen LogP contribution in [0, 0.1) is 0 Å². The van der Waals surface area contributed by atoms with E-state index in [1.807, 2.05) is 18.2 Å². The van der Waals surface area contributed by atoms with Crippen molar-refractivity contribution < 1.29 is 41.8 Å². The molecule has 1 aromatic carbocycles. The number of hydrogen-bond donors (Lipinski definition) is 4. The summed E-state index contributed by atoms with van der Waals surface area (Å²) in [5.74, 6) is 0.0914. The summed E-state index contributed by atoms with van der Waals surface area (Å²) in [6, 6.07) is 10.1. The van der Waals surface area contributed by atoms with Crippen LogP contribution in [0.3, 0.4) is 0 Å². The van der Waals surface area contributed by atoms with E-state index in [1.54, 1.807) is 11.8 Å². The van der Waals surface area contributed by atoms with Gasteiger partial charge in [-0.2, -0.15) is 11.8 Å². The zero-order valence-electron chi connectivity index (χ0n) is 13.2. The number of rotatable bonds is 11. The summed E-state index contributed by atoms with van der Waals surface area (Å²) in [6.07, 6.45) is 0. The number of nitrogens with two attached hydrogens (primary N) is 1. The molecule has 0 unspecified atom stereocenters. The second-order valence-electron chi connectivity index (χ2n) is 4.76. The Labute approximate surface area is 155 Å². The predicted molar refractivity (Wildman–Crippen MR) is 87.9 cm³/mol. The molecule has 0 saturated carbocycles. The molecule has 0 radical (unpaired) electrons. The number of benzene rings is 1. The van der Waals surface area contributed by atoms with Gasteiger partial charge < -0.3 is 38.0 Å². The molecular formula is C15H22BrN3O4S. The van der Waals surface area contributed by atoms with Gasteiger partial charge in [-0.25, -0.2) is 4.79 Å². The highest BCUT2D eigenvalue weighted by Crippen LogP contribution is 2.10. The van der Waals surface area contributed by atoms with Gasteiger partial charge in [0.15, 0.2) is 13.1 Å². The number of carbonyl (C=O) groups excluding carboxylic acids is 2. The maximum absolute atomic E-state index is 11.5. The summed E-state index contributed by atoms with van der Waals surface area (Å²) in [7, 11) is 0. The third-order valence-electron chi connectivity index (χ3n) is 2.77. The van der Waals surface area contributed by atoms with Gasteiger partial charge in [-0.05, 0) is 5.56 Å². The molecule has 0 aliphatic carbocycles. The Kier molecular flexibility index (Phi) is 12.9. The molecule has 0 aliphatic heterocycles. The van der Waals surface area contributed by atoms with Crippen LogP contribution in [0.4, 0.5) is 0 Å². The molecule has 0 aliphatic rings. The maximum Gasteiger partial charge on any atom is 0.359 e. The van der Waals surface area contributed by atoms with Crippen molar-refractivity contribution in [1.29, 1.82) is 0 Å². The molecule has 9 heteroatoms. The van der Waals surface area contributed by atoms with Crippen LogP contribution < -0.4 is 32.9 Å². The molecule has 1 rings (SSSR count). The number of halogens is 1. The molecule has 0 saturated heterocycles. The summed E-state index contributed by atoms with van der Waals surface area (Å²) >= 11 is 1.72. The standard InChI is InChI=1S/C15H21N3O4S.BrH/c19-13(8-16-10-15(21)22)18-9-14(20)17-6-7-23-11-12-4-2-1-3-5-12;/h1-5,16H,6-11H2,(H,17,20)(H,18,19)(H,21,22);1H. The quantitative estimate of drug-likeness (QED) is 0.272. The fourth-order valence-electron chi connectivity index (χ4n) is 1.67. The number of carboxylic acids is 1. The number of quaternary nitrogens is 1. The Morgan fingerprint density at radius 2 is 1.75 bits per heavy atom. The number of nitrogens with one attached hydrogen (secondary N) is 2. The molecule has 7 nitrogen and oxygen atoms in total. The second kappa shape index (κ2) is 13.8. The van der Waals surface area contributed by atoms with Crippen molar-refractivity contribution >= 4 is 29.5 Å². The van der Waals surface area contributed by atoms with Gasteiger partial charge in [-0.3, -0.25) is 9.59 Å². The van der Waals surface area contributed by atoms with Crippen LogP contribution in [0.1, 0.15) is 5.56 Å². The smallest absolute Gasteiger partial charge is 0.359 e. The summed E-state index contributed by atoms with van der Waals surface area (Å²) in [5.41, 5.74) is 1.24. The first-order chi connectivity index (χ1) is 11.1. The number of carboxylic acid groups (broad SMARTS) is 1. The van der Waals surface area contributed by atoms with E-state index in [-0.39, 0.29) is 48.4 Å².